The first-order valence-electron chi connectivity index (χ1n) is 8.84. The second-order valence-corrected chi connectivity index (χ2v) is 9.68. The van der Waals surface area contributed by atoms with Gasteiger partial charge in [-0.2, -0.15) is 0 Å². The van der Waals surface area contributed by atoms with Crippen molar-refractivity contribution < 1.29 is 0 Å². The van der Waals surface area contributed by atoms with Gasteiger partial charge in [-0.1, -0.05) is 109 Å². The first-order chi connectivity index (χ1) is 13.3. The molecule has 0 atom stereocenters. The Kier molecular flexibility index (Phi) is 5.25. The van der Waals surface area contributed by atoms with Crippen molar-refractivity contribution >= 4 is 40.3 Å². The van der Waals surface area contributed by atoms with Gasteiger partial charge in [0.2, 0.25) is 0 Å². The molecule has 0 unspecified atom stereocenters. The monoisotopic (exact) mass is 387 g/mol. The van der Waals surface area contributed by atoms with Crippen molar-refractivity contribution in [3.63, 3.8) is 0 Å². The molecule has 0 radical (unpaired) electrons. The Balaban J connectivity index is 2.13. The minimum atomic E-state index is -2.23. The van der Waals surface area contributed by atoms with Crippen LogP contribution in [0, 0.1) is 0 Å². The Morgan fingerprint density at radius 3 is 1.37 bits per heavy atom. The molecule has 3 heteroatoms. The van der Waals surface area contributed by atoms with E-state index in [1.54, 1.807) is 0 Å². The molecular formula is C24H19ClNP. The lowest BCUT2D eigenvalue weighted by molar-refractivity contribution is 1.55. The van der Waals surface area contributed by atoms with Crippen LogP contribution in [0.3, 0.4) is 0 Å². The van der Waals surface area contributed by atoms with Crippen LogP contribution in [-0.2, 0) is 0 Å². The maximum Gasteiger partial charge on any atom is 0.0640 e. The highest BCUT2D eigenvalue weighted by Crippen LogP contribution is 2.49. The molecule has 0 saturated heterocycles. The summed E-state index contributed by atoms with van der Waals surface area (Å²) in [6.07, 6.45) is 0. The van der Waals surface area contributed by atoms with Crippen LogP contribution in [0.5, 0.6) is 0 Å². The fourth-order valence-corrected chi connectivity index (χ4v) is 6.97. The van der Waals surface area contributed by atoms with Crippen LogP contribution in [0.15, 0.2) is 120 Å². The van der Waals surface area contributed by atoms with Gasteiger partial charge in [-0.3, -0.25) is 4.74 Å². The van der Waals surface area contributed by atoms with Gasteiger partial charge in [-0.15, -0.1) is 0 Å². The molecule has 0 aromatic heterocycles. The number of hydrogen-bond donors (Lipinski definition) is 0. The topological polar surface area (TPSA) is 12.4 Å². The molecule has 0 bridgehead atoms. The van der Waals surface area contributed by atoms with Crippen molar-refractivity contribution in [1.29, 1.82) is 0 Å². The maximum atomic E-state index is 6.26. The predicted octanol–water partition coefficient (Wildman–Crippen LogP) is 6.15. The van der Waals surface area contributed by atoms with Crippen LogP contribution in [-0.4, -0.2) is 0 Å². The summed E-state index contributed by atoms with van der Waals surface area (Å²) in [5.74, 6) is 0. The van der Waals surface area contributed by atoms with Gasteiger partial charge in [-0.25, -0.2) is 0 Å². The Bertz CT molecular complexity index is 973. The van der Waals surface area contributed by atoms with Crippen LogP contribution < -0.4 is 15.9 Å². The van der Waals surface area contributed by atoms with E-state index in [1.165, 1.54) is 15.9 Å². The fourth-order valence-electron chi connectivity index (χ4n) is 3.26. The van der Waals surface area contributed by atoms with E-state index in [4.69, 9.17) is 16.3 Å². The average Bonchev–Trinajstić information content (AvgIpc) is 2.74. The quantitative estimate of drug-likeness (QED) is 0.372. The molecule has 0 N–H and O–H groups in total. The summed E-state index contributed by atoms with van der Waals surface area (Å²) >= 11 is 6.26. The third-order valence-corrected chi connectivity index (χ3v) is 8.37. The van der Waals surface area contributed by atoms with Gasteiger partial charge in [0.05, 0.1) is 12.7 Å². The van der Waals surface area contributed by atoms with Crippen molar-refractivity contribution in [1.82, 2.24) is 0 Å². The zero-order valence-electron chi connectivity index (χ0n) is 14.7. The van der Waals surface area contributed by atoms with Crippen molar-refractivity contribution in [3.05, 3.63) is 120 Å². The Labute approximate surface area is 165 Å². The van der Waals surface area contributed by atoms with Crippen LogP contribution >= 0.6 is 18.7 Å². The van der Waals surface area contributed by atoms with E-state index in [0.29, 0.717) is 5.02 Å². The minimum absolute atomic E-state index is 0.698. The van der Waals surface area contributed by atoms with Crippen molar-refractivity contribution in [2.75, 3.05) is 0 Å². The van der Waals surface area contributed by atoms with Gasteiger partial charge in [0.15, 0.2) is 0 Å². The van der Waals surface area contributed by atoms with Gasteiger partial charge in [0.25, 0.3) is 0 Å². The smallest absolute Gasteiger partial charge is 0.0640 e. The highest BCUT2D eigenvalue weighted by molar-refractivity contribution is 7.87. The van der Waals surface area contributed by atoms with Crippen molar-refractivity contribution in [3.8, 4) is 0 Å². The largest absolute Gasteiger partial charge is 0.254 e. The first-order valence-corrected chi connectivity index (χ1v) is 11.0. The summed E-state index contributed by atoms with van der Waals surface area (Å²) < 4.78 is 5.39. The molecule has 132 valence electrons. The van der Waals surface area contributed by atoms with Crippen molar-refractivity contribution in [2.45, 2.75) is 0 Å². The molecule has 0 aliphatic carbocycles. The molecule has 27 heavy (non-hydrogen) atoms. The molecular weight excluding hydrogens is 369 g/mol. The average molecular weight is 388 g/mol. The minimum Gasteiger partial charge on any atom is -0.254 e. The molecule has 0 heterocycles. The molecule has 4 rings (SSSR count). The molecule has 0 aliphatic heterocycles. The van der Waals surface area contributed by atoms with Gasteiger partial charge < -0.3 is 0 Å². The van der Waals surface area contributed by atoms with E-state index < -0.39 is 7.05 Å². The van der Waals surface area contributed by atoms with E-state index >= 15 is 0 Å². The number of halogens is 1. The van der Waals surface area contributed by atoms with E-state index in [0.717, 1.165) is 5.69 Å². The lowest BCUT2D eigenvalue weighted by atomic mass is 10.3. The lowest BCUT2D eigenvalue weighted by Crippen LogP contribution is -2.25. The zero-order valence-corrected chi connectivity index (χ0v) is 16.4. The van der Waals surface area contributed by atoms with Gasteiger partial charge in [-0.05, 0) is 18.2 Å². The molecule has 1 nitrogen and oxygen atoms in total. The number of hydrogen-bond acceptors (Lipinski definition) is 1. The molecule has 0 saturated carbocycles. The number of benzene rings is 4. The predicted molar refractivity (Wildman–Crippen MR) is 119 cm³/mol. The summed E-state index contributed by atoms with van der Waals surface area (Å²) in [4.78, 5) is 0. The number of rotatable bonds is 4. The van der Waals surface area contributed by atoms with E-state index in [-0.39, 0.29) is 0 Å². The van der Waals surface area contributed by atoms with Crippen molar-refractivity contribution in [2.24, 2.45) is 4.74 Å². The van der Waals surface area contributed by atoms with Crippen LogP contribution in [0.1, 0.15) is 0 Å². The van der Waals surface area contributed by atoms with Gasteiger partial charge >= 0.3 is 0 Å². The summed E-state index contributed by atoms with van der Waals surface area (Å²) in [6.45, 7) is 0. The SMILES string of the molecule is Clc1cccc(N=P(c2ccccc2)(c2ccccc2)c2ccccc2)c1. The summed E-state index contributed by atoms with van der Waals surface area (Å²) in [6, 6.07) is 39.6. The summed E-state index contributed by atoms with van der Waals surface area (Å²) in [5, 5.41) is 4.37. The molecule has 0 amide bonds. The van der Waals surface area contributed by atoms with Crippen LogP contribution in [0.25, 0.3) is 0 Å². The Hall–Kier alpha value is -2.60. The molecule has 4 aromatic carbocycles. The summed E-state index contributed by atoms with van der Waals surface area (Å²) in [5.41, 5.74) is 0.896. The number of nitrogens with zero attached hydrogens (tertiary/aromatic N) is 1. The lowest BCUT2D eigenvalue weighted by Gasteiger charge is -2.27. The fraction of sp³-hybridized carbons (Fsp3) is 0. The summed E-state index contributed by atoms with van der Waals surface area (Å²) in [7, 11) is -2.23. The van der Waals surface area contributed by atoms with Gasteiger partial charge in [0.1, 0.15) is 0 Å². The second kappa shape index (κ2) is 7.96. The normalized spacial score (nSPS) is 11.1. The van der Waals surface area contributed by atoms with Crippen LogP contribution in [0.4, 0.5) is 5.69 Å². The maximum absolute atomic E-state index is 6.26. The third-order valence-electron chi connectivity index (χ3n) is 4.46. The van der Waals surface area contributed by atoms with E-state index in [2.05, 4.69) is 72.8 Å². The molecule has 0 spiro atoms. The highest BCUT2D eigenvalue weighted by Gasteiger charge is 2.27. The van der Waals surface area contributed by atoms with Gasteiger partial charge in [0, 0.05) is 20.9 Å². The standard InChI is InChI=1S/C24H19ClNP/c25-20-11-10-12-21(19-20)26-27(22-13-4-1-5-14-22,23-15-6-2-7-16-23)24-17-8-3-9-18-24/h1-19H. The van der Waals surface area contributed by atoms with E-state index in [1.807, 2.05) is 42.5 Å². The first kappa shape index (κ1) is 17.8. The van der Waals surface area contributed by atoms with E-state index in [9.17, 15) is 0 Å². The van der Waals surface area contributed by atoms with Crippen LogP contribution in [0.2, 0.25) is 5.02 Å². The Morgan fingerprint density at radius 2 is 0.963 bits per heavy atom. The highest BCUT2D eigenvalue weighted by atomic mass is 35.5. The molecule has 4 aromatic rings. The third kappa shape index (κ3) is 3.62. The Morgan fingerprint density at radius 1 is 0.519 bits per heavy atom. The molecule has 0 fully saturated rings. The second-order valence-electron chi connectivity index (χ2n) is 6.22. The molecule has 0 aliphatic rings. The zero-order chi connectivity index (χ0) is 18.5.